The first-order valence-electron chi connectivity index (χ1n) is 15.3. The first-order chi connectivity index (χ1) is 19.3. The third-order valence-electron chi connectivity index (χ3n) is 7.72. The third-order valence-corrected chi connectivity index (χ3v) is 7.72. The second kappa shape index (κ2) is 18.8. The second-order valence-corrected chi connectivity index (χ2v) is 11.3. The Bertz CT molecular complexity index is 686. The van der Waals surface area contributed by atoms with Crippen LogP contribution in [0.15, 0.2) is 0 Å². The number of halogens is 13. The van der Waals surface area contributed by atoms with E-state index in [2.05, 4.69) is 6.92 Å². The van der Waals surface area contributed by atoms with Gasteiger partial charge in [0.15, 0.2) is 0 Å². The van der Waals surface area contributed by atoms with E-state index < -0.39 is 48.6 Å². The minimum Gasteiger partial charge on any atom is -0.227 e. The average molecular weight is 643 g/mol. The van der Waals surface area contributed by atoms with Gasteiger partial charge in [0.25, 0.3) is 5.67 Å². The predicted octanol–water partition coefficient (Wildman–Crippen LogP) is 13.3. The Morgan fingerprint density at radius 1 is 0.286 bits per heavy atom. The summed E-state index contributed by atoms with van der Waals surface area (Å²) in [6.45, 7) is 2.20. The Morgan fingerprint density at radius 2 is 0.548 bits per heavy atom. The molecule has 1 unspecified atom stereocenters. The number of hydrogen-bond donors (Lipinski definition) is 0. The van der Waals surface area contributed by atoms with E-state index in [0.717, 1.165) is 32.1 Å². The van der Waals surface area contributed by atoms with Crippen molar-refractivity contribution in [1.29, 1.82) is 0 Å². The predicted molar refractivity (Wildman–Crippen MR) is 138 cm³/mol. The highest BCUT2D eigenvalue weighted by Gasteiger charge is 2.89. The molecule has 0 rings (SSSR count). The molecule has 0 heterocycles. The molecule has 0 aromatic heterocycles. The lowest BCUT2D eigenvalue weighted by molar-refractivity contribution is -0.432. The van der Waals surface area contributed by atoms with E-state index in [4.69, 9.17) is 0 Å². The van der Waals surface area contributed by atoms with Crippen LogP contribution in [0.2, 0.25) is 0 Å². The average Bonchev–Trinajstić information content (AvgIpc) is 2.87. The zero-order valence-corrected chi connectivity index (χ0v) is 24.5. The molecular weight excluding hydrogens is 595 g/mol. The van der Waals surface area contributed by atoms with Gasteiger partial charge in [-0.25, -0.2) is 4.39 Å². The van der Waals surface area contributed by atoms with Gasteiger partial charge in [0.1, 0.15) is 0 Å². The van der Waals surface area contributed by atoms with Crippen LogP contribution in [-0.4, -0.2) is 35.8 Å². The molecule has 0 N–H and O–H groups in total. The minimum absolute atomic E-state index is 0.132. The Morgan fingerprint density at radius 3 is 0.786 bits per heavy atom. The Hall–Kier alpha value is -0.910. The maximum Gasteiger partial charge on any atom is 0.460 e. The minimum atomic E-state index is -7.68. The molecule has 0 spiro atoms. The van der Waals surface area contributed by atoms with E-state index in [1.165, 1.54) is 70.6 Å². The molecule has 0 saturated carbocycles. The van der Waals surface area contributed by atoms with Crippen molar-refractivity contribution in [2.75, 3.05) is 0 Å². The largest absolute Gasteiger partial charge is 0.460 e. The Balaban J connectivity index is 4.19. The first-order valence-corrected chi connectivity index (χ1v) is 15.3. The van der Waals surface area contributed by atoms with Gasteiger partial charge in [-0.15, -0.1) is 0 Å². The Labute approximate surface area is 241 Å². The van der Waals surface area contributed by atoms with Crippen molar-refractivity contribution in [3.8, 4) is 0 Å². The summed E-state index contributed by atoms with van der Waals surface area (Å²) in [5.41, 5.74) is -6.29. The molecule has 0 saturated heterocycles. The molecule has 0 aromatic rings. The van der Waals surface area contributed by atoms with Gasteiger partial charge in [0.05, 0.1) is 0 Å². The molecular formula is C29H47F13. The summed E-state index contributed by atoms with van der Waals surface area (Å²) in [5.74, 6) is -22.7. The van der Waals surface area contributed by atoms with Crippen LogP contribution in [0, 0.1) is 0 Å². The number of unbranched alkanes of at least 4 members (excludes halogenated alkanes) is 20. The quantitative estimate of drug-likeness (QED) is 0.0687. The summed E-state index contributed by atoms with van der Waals surface area (Å²) in [6, 6.07) is 0. The molecule has 0 aliphatic carbocycles. The molecule has 0 aliphatic heterocycles. The highest BCUT2D eigenvalue weighted by atomic mass is 19.4. The van der Waals surface area contributed by atoms with E-state index in [1.54, 1.807) is 0 Å². The lowest BCUT2D eigenvalue weighted by Crippen LogP contribution is -2.70. The fourth-order valence-corrected chi connectivity index (χ4v) is 4.90. The summed E-state index contributed by atoms with van der Waals surface area (Å²) in [5, 5.41) is 0. The number of rotatable bonds is 25. The Kier molecular flexibility index (Phi) is 18.4. The molecule has 254 valence electrons. The van der Waals surface area contributed by atoms with E-state index >= 15 is 0 Å². The summed E-state index contributed by atoms with van der Waals surface area (Å²) in [6.07, 6.45) is 2.18. The van der Waals surface area contributed by atoms with E-state index in [0.29, 0.717) is 12.8 Å². The highest BCUT2D eigenvalue weighted by molar-refractivity contribution is 5.12. The molecule has 0 aromatic carbocycles. The SMILES string of the molecule is CCCCCCCCCCCCCCCCCCCCCCCC(F)(C(F)(F)F)C(F)(F)C(F)(F)C(F)(F)C(F)(F)F. The van der Waals surface area contributed by atoms with E-state index in [9.17, 15) is 57.1 Å². The zero-order valence-electron chi connectivity index (χ0n) is 24.5. The number of alkyl halides is 13. The zero-order chi connectivity index (χ0) is 32.6. The lowest BCUT2D eigenvalue weighted by atomic mass is 9.84. The summed E-state index contributed by atoms with van der Waals surface area (Å²) >= 11 is 0. The van der Waals surface area contributed by atoms with Gasteiger partial charge in [-0.05, 0) is 12.8 Å². The molecule has 0 nitrogen and oxygen atoms in total. The fourth-order valence-electron chi connectivity index (χ4n) is 4.90. The van der Waals surface area contributed by atoms with Crippen molar-refractivity contribution in [2.24, 2.45) is 0 Å². The van der Waals surface area contributed by atoms with Crippen molar-refractivity contribution < 1.29 is 57.1 Å². The van der Waals surface area contributed by atoms with Crippen molar-refractivity contribution in [2.45, 2.75) is 184 Å². The lowest BCUT2D eigenvalue weighted by Gasteiger charge is -2.41. The van der Waals surface area contributed by atoms with Crippen LogP contribution in [0.1, 0.15) is 148 Å². The van der Waals surface area contributed by atoms with Gasteiger partial charge < -0.3 is 0 Å². The van der Waals surface area contributed by atoms with Crippen LogP contribution < -0.4 is 0 Å². The summed E-state index contributed by atoms with van der Waals surface area (Å²) in [7, 11) is 0. The molecule has 1 atom stereocenters. The van der Waals surface area contributed by atoms with Crippen LogP contribution in [-0.2, 0) is 0 Å². The third kappa shape index (κ3) is 12.2. The van der Waals surface area contributed by atoms with Gasteiger partial charge in [0, 0.05) is 0 Å². The maximum atomic E-state index is 14.4. The molecule has 0 amide bonds. The molecule has 13 heteroatoms. The van der Waals surface area contributed by atoms with Crippen LogP contribution in [0.3, 0.4) is 0 Å². The molecule has 0 fully saturated rings. The second-order valence-electron chi connectivity index (χ2n) is 11.3. The highest BCUT2D eigenvalue weighted by Crippen LogP contribution is 2.61. The van der Waals surface area contributed by atoms with E-state index in [1.807, 2.05) is 0 Å². The summed E-state index contributed by atoms with van der Waals surface area (Å²) < 4.78 is 171. The van der Waals surface area contributed by atoms with Crippen molar-refractivity contribution >= 4 is 0 Å². The van der Waals surface area contributed by atoms with Crippen LogP contribution in [0.4, 0.5) is 57.1 Å². The fraction of sp³-hybridized carbons (Fsp3) is 1.00. The standard InChI is InChI=1S/C29H47F13/c1-2-3-4-5-6-7-8-9-10-11-12-13-14-15-16-17-18-19-20-21-22-23-24(30,28(37,38)39)25(31,32)26(33,34)27(35,36)29(40,41)42/h2-23H2,1H3. The van der Waals surface area contributed by atoms with Crippen molar-refractivity contribution in [3.63, 3.8) is 0 Å². The normalized spacial score (nSPS) is 15.3. The molecule has 0 radical (unpaired) electrons. The van der Waals surface area contributed by atoms with Gasteiger partial charge in [0.2, 0.25) is 0 Å². The van der Waals surface area contributed by atoms with E-state index in [-0.39, 0.29) is 12.8 Å². The number of hydrogen-bond acceptors (Lipinski definition) is 0. The molecule has 0 bridgehead atoms. The topological polar surface area (TPSA) is 0 Å². The monoisotopic (exact) mass is 642 g/mol. The molecule has 0 aliphatic rings. The van der Waals surface area contributed by atoms with Crippen LogP contribution in [0.25, 0.3) is 0 Å². The van der Waals surface area contributed by atoms with Crippen molar-refractivity contribution in [1.82, 2.24) is 0 Å². The van der Waals surface area contributed by atoms with Gasteiger partial charge in [-0.3, -0.25) is 0 Å². The van der Waals surface area contributed by atoms with Gasteiger partial charge in [-0.2, -0.15) is 52.7 Å². The van der Waals surface area contributed by atoms with Gasteiger partial charge in [-0.1, -0.05) is 135 Å². The summed E-state index contributed by atoms with van der Waals surface area (Å²) in [4.78, 5) is 0. The smallest absolute Gasteiger partial charge is 0.227 e. The first kappa shape index (κ1) is 41.1. The van der Waals surface area contributed by atoms with Crippen LogP contribution in [0.5, 0.6) is 0 Å². The van der Waals surface area contributed by atoms with Crippen molar-refractivity contribution in [3.05, 3.63) is 0 Å². The van der Waals surface area contributed by atoms with Crippen LogP contribution >= 0.6 is 0 Å². The molecule has 42 heavy (non-hydrogen) atoms. The van der Waals surface area contributed by atoms with Gasteiger partial charge >= 0.3 is 30.1 Å². The maximum absolute atomic E-state index is 14.4.